The van der Waals surface area contributed by atoms with Crippen LogP contribution in [0.25, 0.3) is 0 Å². The van der Waals surface area contributed by atoms with Gasteiger partial charge in [0.2, 0.25) is 5.95 Å². The van der Waals surface area contributed by atoms with E-state index in [9.17, 15) is 9.59 Å². The number of aromatic nitrogens is 2. The number of amides is 2. The molecule has 2 aromatic heterocycles. The summed E-state index contributed by atoms with van der Waals surface area (Å²) in [6.45, 7) is 3.12. The predicted molar refractivity (Wildman–Crippen MR) is 112 cm³/mol. The van der Waals surface area contributed by atoms with E-state index < -0.39 is 0 Å². The standard InChI is InChI=1S/C21H21N5O2S/c27-19(18-3-1-14-29-18)24-15-16-4-6-17(7-5-16)20(28)25-10-12-26(13-11-25)21-22-8-2-9-23-21/h1-9,14H,10-13,15H2,(H,24,27). The van der Waals surface area contributed by atoms with Crippen LogP contribution in [0.5, 0.6) is 0 Å². The zero-order chi connectivity index (χ0) is 20.1. The Bertz CT molecular complexity index is 953. The highest BCUT2D eigenvalue weighted by atomic mass is 32.1. The van der Waals surface area contributed by atoms with Crippen LogP contribution >= 0.6 is 11.3 Å². The second kappa shape index (κ2) is 8.83. The smallest absolute Gasteiger partial charge is 0.261 e. The van der Waals surface area contributed by atoms with Crippen LogP contribution in [-0.2, 0) is 6.54 Å². The molecule has 0 radical (unpaired) electrons. The molecule has 0 spiro atoms. The molecule has 0 unspecified atom stereocenters. The maximum atomic E-state index is 12.8. The lowest BCUT2D eigenvalue weighted by atomic mass is 10.1. The summed E-state index contributed by atoms with van der Waals surface area (Å²) in [7, 11) is 0. The highest BCUT2D eigenvalue weighted by molar-refractivity contribution is 7.12. The van der Waals surface area contributed by atoms with Gasteiger partial charge in [-0.25, -0.2) is 9.97 Å². The van der Waals surface area contributed by atoms with Gasteiger partial charge in [0.15, 0.2) is 0 Å². The van der Waals surface area contributed by atoms with Crippen LogP contribution in [-0.4, -0.2) is 52.9 Å². The summed E-state index contributed by atoms with van der Waals surface area (Å²) in [5.74, 6) is 0.641. The third kappa shape index (κ3) is 4.60. The molecule has 0 bridgehead atoms. The van der Waals surface area contributed by atoms with Crippen molar-refractivity contribution < 1.29 is 9.59 Å². The lowest BCUT2D eigenvalue weighted by Gasteiger charge is -2.34. The predicted octanol–water partition coefficient (Wildman–Crippen LogP) is 2.43. The van der Waals surface area contributed by atoms with Crippen LogP contribution < -0.4 is 10.2 Å². The third-order valence-corrected chi connectivity index (χ3v) is 5.67. The van der Waals surface area contributed by atoms with Crippen molar-refractivity contribution in [1.29, 1.82) is 0 Å². The lowest BCUT2D eigenvalue weighted by molar-refractivity contribution is 0.0746. The second-order valence-corrected chi connectivity index (χ2v) is 7.63. The van der Waals surface area contributed by atoms with Gasteiger partial charge in [-0.05, 0) is 35.2 Å². The minimum Gasteiger partial charge on any atom is -0.347 e. The average Bonchev–Trinajstić information content (AvgIpc) is 3.33. The van der Waals surface area contributed by atoms with Crippen LogP contribution in [0, 0.1) is 0 Å². The highest BCUT2D eigenvalue weighted by Crippen LogP contribution is 2.14. The first kappa shape index (κ1) is 19.1. The molecular formula is C21H21N5O2S. The molecule has 148 valence electrons. The Morgan fingerprint density at radius 3 is 2.34 bits per heavy atom. The van der Waals surface area contributed by atoms with Crippen molar-refractivity contribution in [3.63, 3.8) is 0 Å². The summed E-state index contributed by atoms with van der Waals surface area (Å²) >= 11 is 1.41. The Morgan fingerprint density at radius 2 is 1.69 bits per heavy atom. The number of piperazine rings is 1. The zero-order valence-corrected chi connectivity index (χ0v) is 16.6. The second-order valence-electron chi connectivity index (χ2n) is 6.68. The molecule has 3 aromatic rings. The number of benzene rings is 1. The molecule has 4 rings (SSSR count). The molecule has 7 nitrogen and oxygen atoms in total. The van der Waals surface area contributed by atoms with E-state index in [-0.39, 0.29) is 11.8 Å². The maximum absolute atomic E-state index is 12.8. The Balaban J connectivity index is 1.30. The monoisotopic (exact) mass is 407 g/mol. The fourth-order valence-corrected chi connectivity index (χ4v) is 3.83. The van der Waals surface area contributed by atoms with E-state index >= 15 is 0 Å². The number of anilines is 1. The first-order valence-electron chi connectivity index (χ1n) is 9.42. The van der Waals surface area contributed by atoms with E-state index in [0.29, 0.717) is 49.1 Å². The fourth-order valence-electron chi connectivity index (χ4n) is 3.19. The largest absolute Gasteiger partial charge is 0.347 e. The quantitative estimate of drug-likeness (QED) is 0.703. The summed E-state index contributed by atoms with van der Waals surface area (Å²) < 4.78 is 0. The summed E-state index contributed by atoms with van der Waals surface area (Å²) in [5.41, 5.74) is 1.61. The molecule has 1 aliphatic rings. The molecule has 1 N–H and O–H groups in total. The van der Waals surface area contributed by atoms with Gasteiger partial charge in [0.05, 0.1) is 4.88 Å². The van der Waals surface area contributed by atoms with Crippen molar-refractivity contribution in [2.75, 3.05) is 31.1 Å². The molecule has 1 saturated heterocycles. The van der Waals surface area contributed by atoms with Crippen LogP contribution in [0.3, 0.4) is 0 Å². The lowest BCUT2D eigenvalue weighted by Crippen LogP contribution is -2.49. The van der Waals surface area contributed by atoms with Gasteiger partial charge >= 0.3 is 0 Å². The van der Waals surface area contributed by atoms with Crippen LogP contribution in [0.2, 0.25) is 0 Å². The first-order chi connectivity index (χ1) is 14.2. The normalized spacial score (nSPS) is 13.9. The molecule has 2 amide bonds. The minimum atomic E-state index is -0.0829. The molecule has 3 heterocycles. The molecule has 8 heteroatoms. The van der Waals surface area contributed by atoms with Gasteiger partial charge in [0.1, 0.15) is 0 Å². The third-order valence-electron chi connectivity index (χ3n) is 4.80. The Labute approximate surface area is 173 Å². The highest BCUT2D eigenvalue weighted by Gasteiger charge is 2.23. The number of carbonyl (C=O) groups excluding carboxylic acids is 2. The summed E-state index contributed by atoms with van der Waals surface area (Å²) in [6.07, 6.45) is 3.45. The number of rotatable bonds is 5. The van der Waals surface area contributed by atoms with Crippen molar-refractivity contribution in [2.45, 2.75) is 6.54 Å². The molecule has 0 saturated carbocycles. The Morgan fingerprint density at radius 1 is 0.966 bits per heavy atom. The van der Waals surface area contributed by atoms with Gasteiger partial charge in [-0.1, -0.05) is 18.2 Å². The summed E-state index contributed by atoms with van der Waals surface area (Å²) in [5, 5.41) is 4.77. The molecule has 1 fully saturated rings. The molecule has 1 aliphatic heterocycles. The molecule has 0 atom stereocenters. The topological polar surface area (TPSA) is 78.4 Å². The SMILES string of the molecule is O=C(NCc1ccc(C(=O)N2CCN(c3ncccn3)CC2)cc1)c1cccs1. The van der Waals surface area contributed by atoms with Crippen molar-refractivity contribution in [3.05, 3.63) is 76.2 Å². The zero-order valence-electron chi connectivity index (χ0n) is 15.8. The van der Waals surface area contributed by atoms with Crippen LogP contribution in [0.15, 0.2) is 60.2 Å². The number of nitrogens with one attached hydrogen (secondary N) is 1. The van der Waals surface area contributed by atoms with Gasteiger partial charge < -0.3 is 15.1 Å². The van der Waals surface area contributed by atoms with Gasteiger partial charge in [-0.2, -0.15) is 0 Å². The molecular weight excluding hydrogens is 386 g/mol. The van der Waals surface area contributed by atoms with Crippen LogP contribution in [0.1, 0.15) is 25.6 Å². The first-order valence-corrected chi connectivity index (χ1v) is 10.3. The van der Waals surface area contributed by atoms with Crippen molar-refractivity contribution in [3.8, 4) is 0 Å². The average molecular weight is 407 g/mol. The van der Waals surface area contributed by atoms with Crippen LogP contribution in [0.4, 0.5) is 5.95 Å². The van der Waals surface area contributed by atoms with E-state index in [1.165, 1.54) is 11.3 Å². The van der Waals surface area contributed by atoms with Gasteiger partial charge in [-0.3, -0.25) is 9.59 Å². The van der Waals surface area contributed by atoms with E-state index in [4.69, 9.17) is 0 Å². The van der Waals surface area contributed by atoms with E-state index in [0.717, 1.165) is 5.56 Å². The fraction of sp³-hybridized carbons (Fsp3) is 0.238. The van der Waals surface area contributed by atoms with Gasteiger partial charge in [0.25, 0.3) is 11.8 Å². The number of nitrogens with zero attached hydrogens (tertiary/aromatic N) is 4. The maximum Gasteiger partial charge on any atom is 0.261 e. The number of carbonyl (C=O) groups is 2. The number of hydrogen-bond acceptors (Lipinski definition) is 6. The number of thiophene rings is 1. The Hall–Kier alpha value is -3.26. The molecule has 29 heavy (non-hydrogen) atoms. The van der Waals surface area contributed by atoms with Gasteiger partial charge in [0, 0.05) is 50.7 Å². The summed E-state index contributed by atoms with van der Waals surface area (Å²) in [6, 6.07) is 12.9. The number of hydrogen-bond donors (Lipinski definition) is 1. The minimum absolute atomic E-state index is 0.0211. The van der Waals surface area contributed by atoms with E-state index in [1.54, 1.807) is 24.5 Å². The Kier molecular flexibility index (Phi) is 5.81. The van der Waals surface area contributed by atoms with Crippen molar-refractivity contribution in [2.24, 2.45) is 0 Å². The van der Waals surface area contributed by atoms with E-state index in [2.05, 4.69) is 20.2 Å². The van der Waals surface area contributed by atoms with Gasteiger partial charge in [-0.15, -0.1) is 11.3 Å². The molecule has 1 aromatic carbocycles. The van der Waals surface area contributed by atoms with E-state index in [1.807, 2.05) is 40.6 Å². The summed E-state index contributed by atoms with van der Waals surface area (Å²) in [4.78, 5) is 38.0. The van der Waals surface area contributed by atoms with Crippen molar-refractivity contribution in [1.82, 2.24) is 20.2 Å². The van der Waals surface area contributed by atoms with Crippen molar-refractivity contribution >= 4 is 29.1 Å². The molecule has 0 aliphatic carbocycles.